The molecule has 0 saturated carbocycles. The molecular formula is C20H23FN5O12P. The highest BCUT2D eigenvalue weighted by Crippen LogP contribution is 2.46. The van der Waals surface area contributed by atoms with Crippen LogP contribution >= 0.6 is 7.82 Å². The van der Waals surface area contributed by atoms with Gasteiger partial charge in [0.15, 0.2) is 11.8 Å². The van der Waals surface area contributed by atoms with Crippen molar-refractivity contribution in [1.29, 1.82) is 0 Å². The Kier molecular flexibility index (Phi) is 7.91. The topological polar surface area (TPSA) is 251 Å². The van der Waals surface area contributed by atoms with Gasteiger partial charge in [-0.15, -0.1) is 6.42 Å². The minimum Gasteiger partial charge on any atom is -0.390 e. The van der Waals surface area contributed by atoms with E-state index in [2.05, 4.69) is 4.98 Å². The van der Waals surface area contributed by atoms with E-state index in [9.17, 15) is 43.6 Å². The quantitative estimate of drug-likeness (QED) is 0.135. The molecule has 0 aromatic carbocycles. The van der Waals surface area contributed by atoms with Gasteiger partial charge in [-0.25, -0.2) is 14.2 Å². The van der Waals surface area contributed by atoms with Crippen LogP contribution in [0.25, 0.3) is 0 Å². The van der Waals surface area contributed by atoms with E-state index in [0.29, 0.717) is 10.8 Å². The normalized spacial score (nSPS) is 32.1. The maximum atomic E-state index is 13.6. The molecule has 4 rings (SSSR count). The van der Waals surface area contributed by atoms with Gasteiger partial charge in [-0.05, 0) is 6.07 Å². The number of hydrogen-bond acceptors (Lipinski definition) is 13. The predicted molar refractivity (Wildman–Crippen MR) is 124 cm³/mol. The third-order valence-corrected chi connectivity index (χ3v) is 7.05. The Hall–Kier alpha value is -3.24. The third kappa shape index (κ3) is 5.72. The second-order valence-corrected chi connectivity index (χ2v) is 10.1. The number of aromatic amines is 1. The van der Waals surface area contributed by atoms with Crippen LogP contribution in [-0.4, -0.2) is 82.5 Å². The summed E-state index contributed by atoms with van der Waals surface area (Å²) in [5, 5.41) is 31.5. The first-order valence-corrected chi connectivity index (χ1v) is 12.6. The number of nitrogens with zero attached hydrogens (tertiary/aromatic N) is 3. The number of hydrogen-bond donors (Lipinski definition) is 6. The molecule has 2 saturated heterocycles. The molecule has 2 fully saturated rings. The Balaban J connectivity index is 1.38. The molecule has 17 nitrogen and oxygen atoms in total. The second kappa shape index (κ2) is 10.7. The summed E-state index contributed by atoms with van der Waals surface area (Å²) in [4.78, 5) is 50.5. The van der Waals surface area contributed by atoms with Crippen molar-refractivity contribution >= 4 is 13.6 Å². The summed E-state index contributed by atoms with van der Waals surface area (Å²) in [7, 11) is -4.94. The van der Waals surface area contributed by atoms with Crippen molar-refractivity contribution in [3.05, 3.63) is 55.6 Å². The first-order chi connectivity index (χ1) is 18.3. The molecule has 212 valence electrons. The van der Waals surface area contributed by atoms with E-state index >= 15 is 0 Å². The molecule has 8 atom stereocenters. The lowest BCUT2D eigenvalue weighted by Gasteiger charge is -2.25. The van der Waals surface area contributed by atoms with E-state index < -0.39 is 86.3 Å². The lowest BCUT2D eigenvalue weighted by atomic mass is 9.93. The van der Waals surface area contributed by atoms with E-state index in [1.807, 2.05) is 5.92 Å². The van der Waals surface area contributed by atoms with E-state index in [1.165, 1.54) is 6.07 Å². The minimum absolute atomic E-state index is 0.116. The number of nitrogens with one attached hydrogen (secondary N) is 1. The van der Waals surface area contributed by atoms with Gasteiger partial charge < -0.3 is 35.4 Å². The highest BCUT2D eigenvalue weighted by atomic mass is 31.2. The van der Waals surface area contributed by atoms with Gasteiger partial charge in [0.1, 0.15) is 30.4 Å². The van der Waals surface area contributed by atoms with Crippen LogP contribution in [0.4, 0.5) is 10.2 Å². The van der Waals surface area contributed by atoms with Crippen molar-refractivity contribution in [2.45, 2.75) is 48.9 Å². The maximum absolute atomic E-state index is 13.6. The van der Waals surface area contributed by atoms with Gasteiger partial charge in [0.25, 0.3) is 5.56 Å². The molecule has 19 heteroatoms. The summed E-state index contributed by atoms with van der Waals surface area (Å²) in [6.45, 7) is -1.64. The number of aliphatic hydroxyl groups excluding tert-OH is 2. The Bertz CT molecular complexity index is 1510. The number of rotatable bonds is 8. The van der Waals surface area contributed by atoms with E-state index in [-0.39, 0.29) is 12.2 Å². The second-order valence-electron chi connectivity index (χ2n) is 8.61. The Labute approximate surface area is 216 Å². The van der Waals surface area contributed by atoms with Crippen LogP contribution in [0.5, 0.6) is 0 Å². The van der Waals surface area contributed by atoms with Crippen LogP contribution in [0, 0.1) is 18.2 Å². The van der Waals surface area contributed by atoms with E-state index in [4.69, 9.17) is 30.7 Å². The van der Waals surface area contributed by atoms with Crippen LogP contribution in [0.2, 0.25) is 0 Å². The number of aliphatic hydroxyl groups is 3. The smallest absolute Gasteiger partial charge is 0.390 e. The van der Waals surface area contributed by atoms with Crippen LogP contribution < -0.4 is 22.7 Å². The van der Waals surface area contributed by atoms with Crippen molar-refractivity contribution in [3.8, 4) is 12.3 Å². The van der Waals surface area contributed by atoms with Crippen molar-refractivity contribution in [1.82, 2.24) is 19.1 Å². The maximum Gasteiger partial charge on any atom is 0.472 e. The van der Waals surface area contributed by atoms with Crippen molar-refractivity contribution in [2.24, 2.45) is 0 Å². The first-order valence-electron chi connectivity index (χ1n) is 11.1. The lowest BCUT2D eigenvalue weighted by Crippen LogP contribution is -2.48. The molecule has 0 bridgehead atoms. The standard InChI is InChI=1S/C20H23FN5O12P/c1-2-20(32)12(38-17(15(20)28)25-4-3-13(22)23-18(25)30)8-36-39(33,34)35-7-11-10(27)5-14(37-11)26-6-9(21)16(29)24-19(26)31/h1,3-4,6,10-12,14-15,17,27-28,32H,5,7-8H2,(H,33,34)(H2,22,23,30)(H,24,29,31)/t10?,11-,12+,14-,15?,17+,20-/m1/s1. The number of nitrogens with two attached hydrogens (primary N) is 1. The first kappa shape index (κ1) is 28.8. The number of ether oxygens (including phenoxy) is 2. The zero-order chi connectivity index (χ0) is 28.7. The monoisotopic (exact) mass is 575 g/mol. The van der Waals surface area contributed by atoms with E-state index in [1.54, 1.807) is 4.98 Å². The third-order valence-electron chi connectivity index (χ3n) is 6.10. The Morgan fingerprint density at radius 2 is 1.97 bits per heavy atom. The van der Waals surface area contributed by atoms with Crippen LogP contribution in [0.1, 0.15) is 18.9 Å². The number of phosphoric ester groups is 1. The number of nitrogen functional groups attached to an aromatic ring is 1. The number of halogens is 1. The van der Waals surface area contributed by atoms with Gasteiger partial charge in [-0.2, -0.15) is 9.37 Å². The Morgan fingerprint density at radius 3 is 2.64 bits per heavy atom. The van der Waals surface area contributed by atoms with Gasteiger partial charge >= 0.3 is 19.2 Å². The predicted octanol–water partition coefficient (Wildman–Crippen LogP) is -3.08. The molecule has 3 unspecified atom stereocenters. The number of H-pyrrole nitrogens is 1. The van der Waals surface area contributed by atoms with Crippen molar-refractivity contribution in [3.63, 3.8) is 0 Å². The molecular weight excluding hydrogens is 552 g/mol. The molecule has 4 heterocycles. The SMILES string of the molecule is C#C[C@]1(O)C(O)[C@@H](n2ccc(N)nc2=O)O[C@H]1COP(=O)(O)OC[C@H]1O[C@@H](n2cc(F)c(=O)[nH]c2=O)CC1O. The van der Waals surface area contributed by atoms with Crippen LogP contribution in [-0.2, 0) is 23.1 Å². The molecule has 2 aliphatic rings. The lowest BCUT2D eigenvalue weighted by molar-refractivity contribution is -0.0683. The molecule has 0 amide bonds. The van der Waals surface area contributed by atoms with Gasteiger partial charge in [0.2, 0.25) is 5.82 Å². The summed E-state index contributed by atoms with van der Waals surface area (Å²) in [6.07, 6.45) is -2.09. The molecule has 7 N–H and O–H groups in total. The molecule has 2 aliphatic heterocycles. The summed E-state index contributed by atoms with van der Waals surface area (Å²) in [5.74, 6) is 0.533. The fraction of sp³-hybridized carbons (Fsp3) is 0.500. The summed E-state index contributed by atoms with van der Waals surface area (Å²) < 4.78 is 48.0. The fourth-order valence-electron chi connectivity index (χ4n) is 4.01. The minimum atomic E-state index is -4.94. The highest BCUT2D eigenvalue weighted by Gasteiger charge is 2.56. The fourth-order valence-corrected chi connectivity index (χ4v) is 4.75. The average Bonchev–Trinajstić information content (AvgIpc) is 3.36. The largest absolute Gasteiger partial charge is 0.472 e. The summed E-state index contributed by atoms with van der Waals surface area (Å²) >= 11 is 0. The molecule has 2 aromatic heterocycles. The van der Waals surface area contributed by atoms with Crippen molar-refractivity contribution in [2.75, 3.05) is 18.9 Å². The number of aromatic nitrogens is 4. The zero-order valence-corrected chi connectivity index (χ0v) is 20.6. The molecule has 2 aromatic rings. The van der Waals surface area contributed by atoms with Gasteiger partial charge in [-0.3, -0.25) is 28.0 Å². The van der Waals surface area contributed by atoms with Crippen LogP contribution in [0.3, 0.4) is 0 Å². The summed E-state index contributed by atoms with van der Waals surface area (Å²) in [5.41, 5.74) is -0.224. The molecule has 0 radical (unpaired) electrons. The molecule has 0 aliphatic carbocycles. The Morgan fingerprint density at radius 1 is 1.28 bits per heavy atom. The van der Waals surface area contributed by atoms with Crippen molar-refractivity contribution < 1.29 is 47.7 Å². The van der Waals surface area contributed by atoms with Crippen LogP contribution in [0.15, 0.2) is 32.8 Å². The highest BCUT2D eigenvalue weighted by molar-refractivity contribution is 7.47. The number of terminal acetylenes is 1. The summed E-state index contributed by atoms with van der Waals surface area (Å²) in [6, 6.07) is 1.22. The van der Waals surface area contributed by atoms with E-state index in [0.717, 1.165) is 10.8 Å². The van der Waals surface area contributed by atoms with Gasteiger partial charge in [0, 0.05) is 12.6 Å². The number of anilines is 1. The molecule has 39 heavy (non-hydrogen) atoms. The zero-order valence-electron chi connectivity index (χ0n) is 19.7. The van der Waals surface area contributed by atoms with Gasteiger partial charge in [-0.1, -0.05) is 5.92 Å². The number of phosphoric acid groups is 1. The average molecular weight is 575 g/mol. The molecule has 0 spiro atoms. The van der Waals surface area contributed by atoms with Gasteiger partial charge in [0.05, 0.1) is 25.5 Å².